The van der Waals surface area contributed by atoms with Gasteiger partial charge >= 0.3 is 0 Å². The average Bonchev–Trinajstić information content (AvgIpc) is 2.99. The lowest BCUT2D eigenvalue weighted by Crippen LogP contribution is -2.11. The van der Waals surface area contributed by atoms with E-state index in [2.05, 4.69) is 15.3 Å². The molecule has 110 valence electrons. The van der Waals surface area contributed by atoms with Crippen LogP contribution in [0.2, 0.25) is 10.0 Å². The molecule has 1 aromatic carbocycles. The first-order valence-electron chi connectivity index (χ1n) is 6.26. The highest BCUT2D eigenvalue weighted by Crippen LogP contribution is 2.32. The molecule has 1 N–H and O–H groups in total. The lowest BCUT2D eigenvalue weighted by atomic mass is 10.2. The first-order chi connectivity index (χ1) is 10.6. The van der Waals surface area contributed by atoms with Gasteiger partial charge in [0.05, 0.1) is 10.7 Å². The van der Waals surface area contributed by atoms with Gasteiger partial charge in [0.2, 0.25) is 0 Å². The number of rotatable bonds is 3. The molecule has 3 rings (SSSR count). The Morgan fingerprint density at radius 2 is 1.91 bits per heavy atom. The van der Waals surface area contributed by atoms with Gasteiger partial charge in [-0.25, -0.2) is 4.98 Å². The Kier molecular flexibility index (Phi) is 4.38. The summed E-state index contributed by atoms with van der Waals surface area (Å²) in [5, 5.41) is 6.20. The van der Waals surface area contributed by atoms with Gasteiger partial charge in [-0.3, -0.25) is 15.1 Å². The summed E-state index contributed by atoms with van der Waals surface area (Å²) in [4.78, 5) is 20.3. The smallest absolute Gasteiger partial charge is 0.257 e. The van der Waals surface area contributed by atoms with E-state index in [9.17, 15) is 4.79 Å². The molecule has 0 fully saturated rings. The topological polar surface area (TPSA) is 54.9 Å². The Bertz CT molecular complexity index is 821. The molecule has 2 heterocycles. The van der Waals surface area contributed by atoms with Gasteiger partial charge < -0.3 is 0 Å². The summed E-state index contributed by atoms with van der Waals surface area (Å²) >= 11 is 13.5. The summed E-state index contributed by atoms with van der Waals surface area (Å²) in [5.41, 5.74) is 1.92. The van der Waals surface area contributed by atoms with Crippen LogP contribution >= 0.6 is 34.5 Å². The number of halogens is 2. The maximum absolute atomic E-state index is 12.1. The second-order valence-electron chi connectivity index (χ2n) is 4.35. The van der Waals surface area contributed by atoms with Crippen LogP contribution < -0.4 is 5.32 Å². The molecule has 22 heavy (non-hydrogen) atoms. The summed E-state index contributed by atoms with van der Waals surface area (Å²) in [7, 11) is 0. The fourth-order valence-corrected chi connectivity index (χ4v) is 2.91. The Morgan fingerprint density at radius 3 is 2.68 bits per heavy atom. The quantitative estimate of drug-likeness (QED) is 0.741. The van der Waals surface area contributed by atoms with E-state index in [1.807, 2.05) is 5.38 Å². The number of aromatic nitrogens is 2. The summed E-state index contributed by atoms with van der Waals surface area (Å²) in [6.45, 7) is 0. The number of anilines is 1. The number of nitrogens with zero attached hydrogens (tertiary/aromatic N) is 2. The van der Waals surface area contributed by atoms with E-state index >= 15 is 0 Å². The van der Waals surface area contributed by atoms with Crippen molar-refractivity contribution in [3.63, 3.8) is 0 Å². The van der Waals surface area contributed by atoms with Gasteiger partial charge in [-0.15, -0.1) is 11.3 Å². The van der Waals surface area contributed by atoms with Crippen molar-refractivity contribution in [2.24, 2.45) is 0 Å². The minimum atomic E-state index is -0.236. The van der Waals surface area contributed by atoms with Crippen LogP contribution in [0.1, 0.15) is 10.4 Å². The number of carbonyl (C=O) groups is 1. The number of nitrogens with one attached hydrogen (secondary N) is 1. The molecule has 0 aliphatic rings. The van der Waals surface area contributed by atoms with Gasteiger partial charge in [0.1, 0.15) is 0 Å². The molecule has 0 saturated heterocycles. The van der Waals surface area contributed by atoms with E-state index in [0.29, 0.717) is 26.4 Å². The number of hydrogen-bond donors (Lipinski definition) is 1. The van der Waals surface area contributed by atoms with Gasteiger partial charge in [-0.1, -0.05) is 23.2 Å². The van der Waals surface area contributed by atoms with Gasteiger partial charge in [-0.05, 0) is 30.3 Å². The first kappa shape index (κ1) is 15.0. The SMILES string of the molecule is O=C(Nc1nc(-c2cc(Cl)ccc2Cl)cs1)c1ccncc1. The molecule has 0 atom stereocenters. The van der Waals surface area contributed by atoms with Gasteiger partial charge in [-0.2, -0.15) is 0 Å². The lowest BCUT2D eigenvalue weighted by Gasteiger charge is -2.02. The van der Waals surface area contributed by atoms with Crippen LogP contribution in [0, 0.1) is 0 Å². The van der Waals surface area contributed by atoms with Gasteiger partial charge in [0.15, 0.2) is 5.13 Å². The van der Waals surface area contributed by atoms with E-state index in [-0.39, 0.29) is 5.91 Å². The first-order valence-corrected chi connectivity index (χ1v) is 7.89. The van der Waals surface area contributed by atoms with Crippen LogP contribution in [0.15, 0.2) is 48.1 Å². The molecule has 0 bridgehead atoms. The second-order valence-corrected chi connectivity index (χ2v) is 6.05. The van der Waals surface area contributed by atoms with Crippen LogP contribution in [-0.2, 0) is 0 Å². The van der Waals surface area contributed by atoms with E-state index in [0.717, 1.165) is 5.56 Å². The molecule has 1 amide bonds. The number of thiazole rings is 1. The molecule has 7 heteroatoms. The van der Waals surface area contributed by atoms with Crippen molar-refractivity contribution in [2.45, 2.75) is 0 Å². The summed E-state index contributed by atoms with van der Waals surface area (Å²) < 4.78 is 0. The molecule has 0 spiro atoms. The lowest BCUT2D eigenvalue weighted by molar-refractivity contribution is 0.102. The number of hydrogen-bond acceptors (Lipinski definition) is 4. The molecule has 0 saturated carbocycles. The van der Waals surface area contributed by atoms with Crippen molar-refractivity contribution >= 4 is 45.6 Å². The number of amides is 1. The third-order valence-corrected chi connectivity index (χ3v) is 4.19. The van der Waals surface area contributed by atoms with Gasteiger partial charge in [0.25, 0.3) is 5.91 Å². The summed E-state index contributed by atoms with van der Waals surface area (Å²) in [5.74, 6) is -0.236. The molecular weight excluding hydrogens is 341 g/mol. The molecule has 0 aliphatic heterocycles. The Morgan fingerprint density at radius 1 is 1.14 bits per heavy atom. The van der Waals surface area contributed by atoms with Crippen LogP contribution in [0.25, 0.3) is 11.3 Å². The number of carbonyl (C=O) groups excluding carboxylic acids is 1. The number of pyridine rings is 1. The molecule has 0 radical (unpaired) electrons. The van der Waals surface area contributed by atoms with Crippen LogP contribution in [0.5, 0.6) is 0 Å². The predicted octanol–water partition coefficient (Wildman–Crippen LogP) is 4.76. The number of benzene rings is 1. The maximum Gasteiger partial charge on any atom is 0.257 e. The molecule has 2 aromatic heterocycles. The van der Waals surface area contributed by atoms with E-state index in [1.54, 1.807) is 42.7 Å². The van der Waals surface area contributed by atoms with Crippen molar-refractivity contribution < 1.29 is 4.79 Å². The minimum Gasteiger partial charge on any atom is -0.298 e. The Balaban J connectivity index is 1.82. The Hall–Kier alpha value is -1.95. The molecule has 3 aromatic rings. The molecule has 0 aliphatic carbocycles. The van der Waals surface area contributed by atoms with Crippen LogP contribution in [0.4, 0.5) is 5.13 Å². The minimum absolute atomic E-state index is 0.236. The average molecular weight is 350 g/mol. The molecular formula is C15H9Cl2N3OS. The maximum atomic E-state index is 12.1. The monoisotopic (exact) mass is 349 g/mol. The van der Waals surface area contributed by atoms with Crippen molar-refractivity contribution in [3.8, 4) is 11.3 Å². The van der Waals surface area contributed by atoms with Crippen molar-refractivity contribution in [1.29, 1.82) is 0 Å². The van der Waals surface area contributed by atoms with Crippen molar-refractivity contribution in [2.75, 3.05) is 5.32 Å². The fraction of sp³-hybridized carbons (Fsp3) is 0. The van der Waals surface area contributed by atoms with Gasteiger partial charge in [0, 0.05) is 33.9 Å². The zero-order valence-electron chi connectivity index (χ0n) is 11.1. The largest absolute Gasteiger partial charge is 0.298 e. The highest BCUT2D eigenvalue weighted by Gasteiger charge is 2.12. The molecule has 4 nitrogen and oxygen atoms in total. The summed E-state index contributed by atoms with van der Waals surface area (Å²) in [6.07, 6.45) is 3.13. The summed E-state index contributed by atoms with van der Waals surface area (Å²) in [6, 6.07) is 8.45. The van der Waals surface area contributed by atoms with E-state index in [4.69, 9.17) is 23.2 Å². The molecule has 0 unspecified atom stereocenters. The highest BCUT2D eigenvalue weighted by atomic mass is 35.5. The third-order valence-electron chi connectivity index (χ3n) is 2.87. The predicted molar refractivity (Wildman–Crippen MR) is 89.8 cm³/mol. The van der Waals surface area contributed by atoms with Crippen molar-refractivity contribution in [3.05, 3.63) is 63.7 Å². The van der Waals surface area contributed by atoms with Crippen LogP contribution in [0.3, 0.4) is 0 Å². The second kappa shape index (κ2) is 6.44. The van der Waals surface area contributed by atoms with Crippen LogP contribution in [-0.4, -0.2) is 15.9 Å². The normalized spacial score (nSPS) is 10.5. The zero-order valence-corrected chi connectivity index (χ0v) is 13.4. The fourth-order valence-electron chi connectivity index (χ4n) is 1.82. The van der Waals surface area contributed by atoms with E-state index in [1.165, 1.54) is 11.3 Å². The highest BCUT2D eigenvalue weighted by molar-refractivity contribution is 7.14. The zero-order chi connectivity index (χ0) is 15.5. The standard InChI is InChI=1S/C15H9Cl2N3OS/c16-10-1-2-12(17)11(7-10)13-8-22-15(19-13)20-14(21)9-3-5-18-6-4-9/h1-8H,(H,19,20,21). The third kappa shape index (κ3) is 3.27. The van der Waals surface area contributed by atoms with E-state index < -0.39 is 0 Å². The Labute approximate surface area is 140 Å². The van der Waals surface area contributed by atoms with Crippen molar-refractivity contribution in [1.82, 2.24) is 9.97 Å².